The number of pyridine rings is 1. The Hall–Kier alpha value is -3.08. The van der Waals surface area contributed by atoms with Gasteiger partial charge in [-0.2, -0.15) is 0 Å². The first-order chi connectivity index (χ1) is 15.0. The summed E-state index contributed by atoms with van der Waals surface area (Å²) >= 11 is 0. The second kappa shape index (κ2) is 9.38. The van der Waals surface area contributed by atoms with Gasteiger partial charge in [-0.25, -0.2) is 23.4 Å². The number of nitrogens with one attached hydrogen (secondary N) is 3. The lowest BCUT2D eigenvalue weighted by Crippen LogP contribution is -2.28. The van der Waals surface area contributed by atoms with Crippen LogP contribution in [0.2, 0.25) is 0 Å². The molecule has 3 heterocycles. The number of para-hydroxylation sites is 1. The number of benzene rings is 1. The summed E-state index contributed by atoms with van der Waals surface area (Å²) in [6, 6.07) is 12.7. The zero-order valence-electron chi connectivity index (χ0n) is 17.1. The number of nitrogens with zero attached hydrogens (tertiary/aromatic N) is 3. The van der Waals surface area contributed by atoms with Crippen molar-refractivity contribution in [1.82, 2.24) is 20.3 Å². The van der Waals surface area contributed by atoms with E-state index in [4.69, 9.17) is 4.74 Å². The lowest BCUT2D eigenvalue weighted by Gasteiger charge is -2.12. The second-order valence-electron chi connectivity index (χ2n) is 7.30. The van der Waals surface area contributed by atoms with E-state index in [1.807, 2.05) is 18.3 Å². The largest absolute Gasteiger partial charge is 0.380 e. The quantitative estimate of drug-likeness (QED) is 0.486. The molecular formula is C21H24N6O3S. The summed E-state index contributed by atoms with van der Waals surface area (Å²) in [5, 5.41) is 9.64. The molecule has 1 atom stereocenters. The number of hydrogen-bond acceptors (Lipinski definition) is 9. The van der Waals surface area contributed by atoms with E-state index in [-0.39, 0.29) is 4.90 Å². The van der Waals surface area contributed by atoms with Crippen LogP contribution in [-0.4, -0.2) is 48.9 Å². The zero-order valence-corrected chi connectivity index (χ0v) is 17.9. The number of sulfone groups is 1. The van der Waals surface area contributed by atoms with Gasteiger partial charge >= 0.3 is 0 Å². The Morgan fingerprint density at radius 1 is 1.03 bits per heavy atom. The molecule has 1 aromatic carbocycles. The third kappa shape index (κ3) is 5.75. The van der Waals surface area contributed by atoms with Crippen molar-refractivity contribution in [3.8, 4) is 0 Å². The van der Waals surface area contributed by atoms with Crippen molar-refractivity contribution in [3.05, 3.63) is 60.6 Å². The van der Waals surface area contributed by atoms with E-state index in [2.05, 4.69) is 30.9 Å². The fraction of sp³-hybridized carbons (Fsp3) is 0.286. The predicted octanol–water partition coefficient (Wildman–Crippen LogP) is 2.64. The van der Waals surface area contributed by atoms with E-state index >= 15 is 0 Å². The summed E-state index contributed by atoms with van der Waals surface area (Å²) in [4.78, 5) is 13.0. The molecule has 9 nitrogen and oxygen atoms in total. The van der Waals surface area contributed by atoms with Crippen LogP contribution < -0.4 is 16.0 Å². The molecule has 1 saturated heterocycles. The summed E-state index contributed by atoms with van der Waals surface area (Å²) < 4.78 is 29.4. The maximum absolute atomic E-state index is 12.0. The SMILES string of the molecule is CS(=O)(=O)c1ccccc1Nc1cc(Nc2ccc(CNC3CCOC3)cn2)ncn1. The van der Waals surface area contributed by atoms with Gasteiger partial charge in [0.05, 0.1) is 17.2 Å². The van der Waals surface area contributed by atoms with Crippen molar-refractivity contribution < 1.29 is 13.2 Å². The van der Waals surface area contributed by atoms with E-state index in [0.29, 0.717) is 29.2 Å². The fourth-order valence-electron chi connectivity index (χ4n) is 3.22. The number of anilines is 4. The topological polar surface area (TPSA) is 118 Å². The first kappa shape index (κ1) is 21.2. The van der Waals surface area contributed by atoms with Gasteiger partial charge in [0.15, 0.2) is 9.84 Å². The highest BCUT2D eigenvalue weighted by Crippen LogP contribution is 2.25. The maximum atomic E-state index is 12.0. The average Bonchev–Trinajstić information content (AvgIpc) is 3.27. The highest BCUT2D eigenvalue weighted by Gasteiger charge is 2.15. The molecule has 2 aromatic heterocycles. The van der Waals surface area contributed by atoms with Gasteiger partial charge in [0.1, 0.15) is 23.8 Å². The van der Waals surface area contributed by atoms with Crippen LogP contribution in [0.1, 0.15) is 12.0 Å². The molecule has 10 heteroatoms. The van der Waals surface area contributed by atoms with Crippen LogP contribution in [0, 0.1) is 0 Å². The molecule has 0 bridgehead atoms. The van der Waals surface area contributed by atoms with Crippen molar-refractivity contribution in [2.24, 2.45) is 0 Å². The van der Waals surface area contributed by atoms with Gasteiger partial charge in [0, 0.05) is 37.7 Å². The summed E-state index contributed by atoms with van der Waals surface area (Å²) in [5.41, 5.74) is 1.54. The molecule has 31 heavy (non-hydrogen) atoms. The van der Waals surface area contributed by atoms with Crippen LogP contribution in [0.15, 0.2) is 59.9 Å². The van der Waals surface area contributed by atoms with E-state index in [0.717, 1.165) is 31.7 Å². The third-order valence-corrected chi connectivity index (χ3v) is 5.98. The van der Waals surface area contributed by atoms with Crippen LogP contribution in [0.4, 0.5) is 23.1 Å². The maximum Gasteiger partial charge on any atom is 0.177 e. The standard InChI is InChI=1S/C21H24N6O3S/c1-31(28,29)18-5-3-2-4-17(18)26-20-10-21(25-14-24-20)27-19-7-6-15(12-23-19)11-22-16-8-9-30-13-16/h2-7,10,12,14,16,22H,8-9,11,13H2,1H3,(H2,23,24,25,26,27). The van der Waals surface area contributed by atoms with Crippen LogP contribution >= 0.6 is 0 Å². The van der Waals surface area contributed by atoms with Crippen molar-refractivity contribution in [2.75, 3.05) is 30.1 Å². The molecule has 0 saturated carbocycles. The number of rotatable bonds is 8. The molecule has 3 N–H and O–H groups in total. The Kier molecular flexibility index (Phi) is 6.40. The predicted molar refractivity (Wildman–Crippen MR) is 118 cm³/mol. The number of hydrogen-bond donors (Lipinski definition) is 3. The monoisotopic (exact) mass is 440 g/mol. The molecule has 0 amide bonds. The Morgan fingerprint density at radius 2 is 1.84 bits per heavy atom. The normalized spacial score (nSPS) is 16.2. The molecule has 0 aliphatic carbocycles. The summed E-state index contributed by atoms with van der Waals surface area (Å²) in [6.45, 7) is 2.31. The minimum Gasteiger partial charge on any atom is -0.380 e. The highest BCUT2D eigenvalue weighted by atomic mass is 32.2. The molecule has 0 radical (unpaired) electrons. The minimum atomic E-state index is -3.37. The molecule has 4 rings (SSSR count). The third-order valence-electron chi connectivity index (χ3n) is 4.82. The summed E-state index contributed by atoms with van der Waals surface area (Å²) in [5.74, 6) is 1.65. The van der Waals surface area contributed by atoms with Gasteiger partial charge in [-0.15, -0.1) is 0 Å². The van der Waals surface area contributed by atoms with Gasteiger partial charge in [0.25, 0.3) is 0 Å². The van der Waals surface area contributed by atoms with E-state index in [9.17, 15) is 8.42 Å². The first-order valence-corrected chi connectivity index (χ1v) is 11.8. The van der Waals surface area contributed by atoms with Crippen molar-refractivity contribution in [3.63, 3.8) is 0 Å². The van der Waals surface area contributed by atoms with Crippen molar-refractivity contribution in [1.29, 1.82) is 0 Å². The summed E-state index contributed by atoms with van der Waals surface area (Å²) in [6.07, 6.45) is 5.42. The van der Waals surface area contributed by atoms with Gasteiger partial charge in [-0.05, 0) is 30.2 Å². The van der Waals surface area contributed by atoms with Gasteiger partial charge in [-0.3, -0.25) is 0 Å². The van der Waals surface area contributed by atoms with Gasteiger partial charge < -0.3 is 20.7 Å². The average molecular weight is 441 g/mol. The van der Waals surface area contributed by atoms with Crippen LogP contribution in [0.5, 0.6) is 0 Å². The molecule has 1 unspecified atom stereocenters. The molecular weight excluding hydrogens is 416 g/mol. The van der Waals surface area contributed by atoms with E-state index in [1.165, 1.54) is 12.6 Å². The smallest absolute Gasteiger partial charge is 0.177 e. The Balaban J connectivity index is 1.41. The molecule has 1 fully saturated rings. The molecule has 1 aliphatic heterocycles. The van der Waals surface area contributed by atoms with Crippen LogP contribution in [0.3, 0.4) is 0 Å². The number of ether oxygens (including phenoxy) is 1. The van der Waals surface area contributed by atoms with Crippen molar-refractivity contribution in [2.45, 2.75) is 23.9 Å². The lowest BCUT2D eigenvalue weighted by atomic mass is 10.2. The summed E-state index contributed by atoms with van der Waals surface area (Å²) in [7, 11) is -3.37. The Labute approximate surface area is 181 Å². The molecule has 1 aliphatic rings. The van der Waals surface area contributed by atoms with E-state index in [1.54, 1.807) is 30.3 Å². The minimum absolute atomic E-state index is 0.207. The second-order valence-corrected chi connectivity index (χ2v) is 9.28. The van der Waals surface area contributed by atoms with Gasteiger partial charge in [-0.1, -0.05) is 18.2 Å². The molecule has 162 valence electrons. The van der Waals surface area contributed by atoms with Gasteiger partial charge in [0.2, 0.25) is 0 Å². The van der Waals surface area contributed by atoms with E-state index < -0.39 is 9.84 Å². The van der Waals surface area contributed by atoms with Crippen LogP contribution in [-0.2, 0) is 21.1 Å². The first-order valence-electron chi connectivity index (χ1n) is 9.88. The lowest BCUT2D eigenvalue weighted by molar-refractivity contribution is 0.190. The number of aromatic nitrogens is 3. The van der Waals surface area contributed by atoms with Crippen molar-refractivity contribution >= 4 is 33.0 Å². The zero-order chi connectivity index (χ0) is 21.7. The van der Waals surface area contributed by atoms with Crippen LogP contribution in [0.25, 0.3) is 0 Å². The fourth-order valence-corrected chi connectivity index (χ4v) is 4.06. The Bertz CT molecular complexity index is 1130. The molecule has 0 spiro atoms. The Morgan fingerprint density at radius 3 is 2.55 bits per heavy atom. The highest BCUT2D eigenvalue weighted by molar-refractivity contribution is 7.90. The molecule has 3 aromatic rings.